The minimum absolute atomic E-state index is 0.277. The molecule has 0 atom stereocenters. The van der Waals surface area contributed by atoms with Crippen molar-refractivity contribution >= 4 is 22.1 Å². The molecule has 0 fully saturated rings. The maximum atomic E-state index is 11.6. The zero-order chi connectivity index (χ0) is 16.4. The van der Waals surface area contributed by atoms with Gasteiger partial charge in [-0.05, 0) is 29.0 Å². The van der Waals surface area contributed by atoms with Crippen LogP contribution in [-0.2, 0) is 24.2 Å². The summed E-state index contributed by atoms with van der Waals surface area (Å²) in [4.78, 5) is 12.7. The normalized spacial score (nSPS) is 13.7. The number of rotatable bonds is 4. The molecule has 2 aromatic rings. The average Bonchev–Trinajstić information content (AvgIpc) is 2.89. The van der Waals surface area contributed by atoms with Crippen LogP contribution in [-0.4, -0.2) is 5.78 Å². The molecule has 0 amide bonds. The van der Waals surface area contributed by atoms with Gasteiger partial charge >= 0.3 is 0 Å². The van der Waals surface area contributed by atoms with Gasteiger partial charge in [0.15, 0.2) is 0 Å². The van der Waals surface area contributed by atoms with Gasteiger partial charge < -0.3 is 5.32 Å². The minimum atomic E-state index is 0.277. The molecule has 0 aliphatic heterocycles. The molecule has 0 unspecified atom stereocenters. The SMILES string of the molecule is CC(C)c1ccc(CNc2sc3c(c2C#N)CCC(=O)C3)cc1. The smallest absolute Gasteiger partial charge is 0.138 e. The summed E-state index contributed by atoms with van der Waals surface area (Å²) in [7, 11) is 0. The van der Waals surface area contributed by atoms with E-state index in [1.807, 2.05) is 0 Å². The Labute approximate surface area is 141 Å². The van der Waals surface area contributed by atoms with Gasteiger partial charge in [-0.3, -0.25) is 4.79 Å². The lowest BCUT2D eigenvalue weighted by Crippen LogP contribution is -2.11. The van der Waals surface area contributed by atoms with Gasteiger partial charge in [0, 0.05) is 24.3 Å². The van der Waals surface area contributed by atoms with Crippen molar-refractivity contribution in [1.29, 1.82) is 5.26 Å². The zero-order valence-corrected chi connectivity index (χ0v) is 14.3. The molecule has 0 radical (unpaired) electrons. The fourth-order valence-electron chi connectivity index (χ4n) is 2.90. The molecule has 1 aromatic carbocycles. The van der Waals surface area contributed by atoms with Crippen LogP contribution in [0.4, 0.5) is 5.00 Å². The Morgan fingerprint density at radius 2 is 2.00 bits per heavy atom. The molecular weight excluding hydrogens is 304 g/mol. The summed E-state index contributed by atoms with van der Waals surface area (Å²) in [5, 5.41) is 13.7. The van der Waals surface area contributed by atoms with E-state index >= 15 is 0 Å². The summed E-state index contributed by atoms with van der Waals surface area (Å²) in [6, 6.07) is 10.9. The van der Waals surface area contributed by atoms with Gasteiger partial charge in [-0.25, -0.2) is 0 Å². The largest absolute Gasteiger partial charge is 0.372 e. The first-order chi connectivity index (χ1) is 11.1. The van der Waals surface area contributed by atoms with Crippen molar-refractivity contribution in [3.05, 3.63) is 51.4 Å². The summed E-state index contributed by atoms with van der Waals surface area (Å²) in [6.07, 6.45) is 1.76. The van der Waals surface area contributed by atoms with Crippen molar-refractivity contribution in [2.45, 2.75) is 45.6 Å². The third-order valence-corrected chi connectivity index (χ3v) is 5.50. The van der Waals surface area contributed by atoms with Crippen molar-refractivity contribution in [2.24, 2.45) is 0 Å². The summed E-state index contributed by atoms with van der Waals surface area (Å²) in [5.74, 6) is 0.808. The van der Waals surface area contributed by atoms with E-state index in [9.17, 15) is 10.1 Å². The van der Waals surface area contributed by atoms with E-state index in [4.69, 9.17) is 0 Å². The molecule has 0 saturated carbocycles. The summed E-state index contributed by atoms with van der Waals surface area (Å²) in [5.41, 5.74) is 4.34. The number of hydrogen-bond acceptors (Lipinski definition) is 4. The molecule has 1 aliphatic rings. The van der Waals surface area contributed by atoms with Crippen molar-refractivity contribution in [3.63, 3.8) is 0 Å². The second-order valence-electron chi connectivity index (χ2n) is 6.29. The van der Waals surface area contributed by atoms with Gasteiger partial charge in [-0.2, -0.15) is 5.26 Å². The van der Waals surface area contributed by atoms with Crippen molar-refractivity contribution < 1.29 is 4.79 Å². The van der Waals surface area contributed by atoms with Gasteiger partial charge in [0.05, 0.1) is 5.56 Å². The number of anilines is 1. The van der Waals surface area contributed by atoms with Gasteiger partial charge in [0.25, 0.3) is 0 Å². The highest BCUT2D eigenvalue weighted by Gasteiger charge is 2.24. The number of hydrogen-bond donors (Lipinski definition) is 1. The Balaban J connectivity index is 1.76. The Bertz CT molecular complexity index is 766. The first-order valence-corrected chi connectivity index (χ1v) is 8.79. The second-order valence-corrected chi connectivity index (χ2v) is 7.39. The number of carbonyl (C=O) groups is 1. The molecule has 1 N–H and O–H groups in total. The first kappa shape index (κ1) is 15.8. The van der Waals surface area contributed by atoms with Crippen LogP contribution in [0.25, 0.3) is 0 Å². The lowest BCUT2D eigenvalue weighted by atomic mass is 9.95. The number of nitrogens with one attached hydrogen (secondary N) is 1. The van der Waals surface area contributed by atoms with Crippen molar-refractivity contribution in [2.75, 3.05) is 5.32 Å². The predicted octanol–water partition coefficient (Wildman–Crippen LogP) is 4.41. The van der Waals surface area contributed by atoms with Crippen molar-refractivity contribution in [1.82, 2.24) is 0 Å². The van der Waals surface area contributed by atoms with Crippen LogP contribution in [0.1, 0.15) is 53.3 Å². The molecular formula is C19H20N2OS. The quantitative estimate of drug-likeness (QED) is 0.906. The Hall–Kier alpha value is -2.12. The number of Topliss-reactive ketones (excluding diaryl/α,β-unsaturated/α-hetero) is 1. The second kappa shape index (κ2) is 6.55. The zero-order valence-electron chi connectivity index (χ0n) is 13.5. The maximum absolute atomic E-state index is 11.6. The highest BCUT2D eigenvalue weighted by Crippen LogP contribution is 2.37. The van der Waals surface area contributed by atoms with E-state index in [1.165, 1.54) is 11.1 Å². The van der Waals surface area contributed by atoms with Crippen LogP contribution in [0.3, 0.4) is 0 Å². The lowest BCUT2D eigenvalue weighted by Gasteiger charge is -2.09. The van der Waals surface area contributed by atoms with Crippen LogP contribution in [0.15, 0.2) is 24.3 Å². The highest BCUT2D eigenvalue weighted by molar-refractivity contribution is 7.16. The molecule has 0 bridgehead atoms. The van der Waals surface area contributed by atoms with Gasteiger partial charge in [0.2, 0.25) is 0 Å². The maximum Gasteiger partial charge on any atom is 0.138 e. The van der Waals surface area contributed by atoms with E-state index in [-0.39, 0.29) is 5.78 Å². The molecule has 1 heterocycles. The monoisotopic (exact) mass is 324 g/mol. The molecule has 118 valence electrons. The van der Waals surface area contributed by atoms with E-state index in [0.717, 1.165) is 21.0 Å². The van der Waals surface area contributed by atoms with E-state index in [2.05, 4.69) is 49.5 Å². The summed E-state index contributed by atoms with van der Waals surface area (Å²) >= 11 is 1.56. The molecule has 3 rings (SSSR count). The molecule has 4 heteroatoms. The number of ketones is 1. The van der Waals surface area contributed by atoms with Crippen LogP contribution in [0.5, 0.6) is 0 Å². The number of benzene rings is 1. The van der Waals surface area contributed by atoms with Crippen LogP contribution in [0, 0.1) is 11.3 Å². The number of carbonyl (C=O) groups excluding carboxylic acids is 1. The summed E-state index contributed by atoms with van der Waals surface area (Å²) in [6.45, 7) is 5.06. The number of nitrogens with zero attached hydrogens (tertiary/aromatic N) is 1. The lowest BCUT2D eigenvalue weighted by molar-refractivity contribution is -0.118. The van der Waals surface area contributed by atoms with Gasteiger partial charge in [-0.15, -0.1) is 11.3 Å². The highest BCUT2D eigenvalue weighted by atomic mass is 32.1. The Morgan fingerprint density at radius 1 is 1.26 bits per heavy atom. The minimum Gasteiger partial charge on any atom is -0.372 e. The number of fused-ring (bicyclic) bond motifs is 1. The number of nitriles is 1. The Kier molecular flexibility index (Phi) is 4.49. The fourth-order valence-corrected chi connectivity index (χ4v) is 4.12. The fraction of sp³-hybridized carbons (Fsp3) is 0.368. The molecule has 3 nitrogen and oxygen atoms in total. The molecule has 0 spiro atoms. The topological polar surface area (TPSA) is 52.9 Å². The molecule has 1 aliphatic carbocycles. The first-order valence-electron chi connectivity index (χ1n) is 7.97. The van der Waals surface area contributed by atoms with E-state index < -0.39 is 0 Å². The summed E-state index contributed by atoms with van der Waals surface area (Å²) < 4.78 is 0. The predicted molar refractivity (Wildman–Crippen MR) is 93.9 cm³/mol. The average molecular weight is 324 g/mol. The van der Waals surface area contributed by atoms with Crippen molar-refractivity contribution in [3.8, 4) is 6.07 Å². The Morgan fingerprint density at radius 3 is 2.65 bits per heavy atom. The van der Waals surface area contributed by atoms with Crippen LogP contribution < -0.4 is 5.32 Å². The molecule has 0 saturated heterocycles. The third-order valence-electron chi connectivity index (χ3n) is 4.31. The van der Waals surface area contributed by atoms with Gasteiger partial charge in [0.1, 0.15) is 16.9 Å². The number of thiophene rings is 1. The van der Waals surface area contributed by atoms with Crippen LogP contribution in [0.2, 0.25) is 0 Å². The van der Waals surface area contributed by atoms with Crippen LogP contribution >= 0.6 is 11.3 Å². The molecule has 23 heavy (non-hydrogen) atoms. The standard InChI is InChI=1S/C19H20N2OS/c1-12(2)14-5-3-13(4-6-14)11-21-19-17(10-20)16-8-7-15(22)9-18(16)23-19/h3-6,12,21H,7-9,11H2,1-2H3. The van der Waals surface area contributed by atoms with E-state index in [1.54, 1.807) is 11.3 Å². The van der Waals surface area contributed by atoms with E-state index in [0.29, 0.717) is 31.7 Å². The third kappa shape index (κ3) is 3.30. The van der Waals surface area contributed by atoms with Gasteiger partial charge in [-0.1, -0.05) is 38.1 Å². The molecule has 1 aromatic heterocycles.